The van der Waals surface area contributed by atoms with Crippen LogP contribution in [0.1, 0.15) is 27.8 Å². The number of ether oxygens (including phenoxy) is 2. The van der Waals surface area contributed by atoms with Crippen molar-refractivity contribution < 1.29 is 19.1 Å². The van der Waals surface area contributed by atoms with Crippen LogP contribution in [-0.2, 0) is 9.47 Å². The third-order valence-electron chi connectivity index (χ3n) is 4.51. The van der Waals surface area contributed by atoms with Crippen LogP contribution in [0.4, 0.5) is 11.4 Å². The molecule has 1 fully saturated rings. The Labute approximate surface area is 170 Å². The number of anilines is 2. The molecule has 0 bridgehead atoms. The molecule has 1 amide bonds. The summed E-state index contributed by atoms with van der Waals surface area (Å²) in [4.78, 5) is 30.7. The van der Waals surface area contributed by atoms with Crippen molar-refractivity contribution in [2.45, 2.75) is 6.92 Å². The van der Waals surface area contributed by atoms with Crippen LogP contribution in [0.3, 0.4) is 0 Å². The Kier molecular flexibility index (Phi) is 7.54. The van der Waals surface area contributed by atoms with E-state index in [-0.39, 0.29) is 11.9 Å². The van der Waals surface area contributed by atoms with Crippen molar-refractivity contribution in [3.05, 3.63) is 53.9 Å². The summed E-state index contributed by atoms with van der Waals surface area (Å²) >= 11 is 0. The van der Waals surface area contributed by atoms with Gasteiger partial charge in [0, 0.05) is 43.8 Å². The van der Waals surface area contributed by atoms with Gasteiger partial charge in [-0.1, -0.05) is 0 Å². The van der Waals surface area contributed by atoms with Gasteiger partial charge in [0.15, 0.2) is 0 Å². The summed E-state index contributed by atoms with van der Waals surface area (Å²) in [5.74, 6) is -0.700. The smallest absolute Gasteiger partial charge is 0.338 e. The maximum Gasteiger partial charge on any atom is 0.338 e. The van der Waals surface area contributed by atoms with Crippen LogP contribution in [0.25, 0.3) is 0 Å². The SMILES string of the molecule is CCOC(=O)c1ccc(NC(=O)c2cc(NCCN3CCOCC3)ccn2)cc1. The predicted molar refractivity (Wildman–Crippen MR) is 110 cm³/mol. The van der Waals surface area contributed by atoms with Crippen LogP contribution < -0.4 is 10.6 Å². The van der Waals surface area contributed by atoms with E-state index in [1.54, 1.807) is 43.5 Å². The first-order valence-corrected chi connectivity index (χ1v) is 9.74. The molecule has 8 heteroatoms. The number of esters is 1. The minimum atomic E-state index is -0.386. The molecule has 29 heavy (non-hydrogen) atoms. The standard InChI is InChI=1S/C21H26N4O4/c1-2-29-21(27)16-3-5-17(6-4-16)24-20(26)19-15-18(7-8-23-19)22-9-10-25-11-13-28-14-12-25/h3-8,15H,2,9-14H2,1H3,(H,22,23)(H,24,26). The van der Waals surface area contributed by atoms with Crippen LogP contribution in [0, 0.1) is 0 Å². The Morgan fingerprint density at radius 2 is 1.90 bits per heavy atom. The van der Waals surface area contributed by atoms with Gasteiger partial charge in [0.25, 0.3) is 5.91 Å². The maximum atomic E-state index is 12.5. The summed E-state index contributed by atoms with van der Waals surface area (Å²) in [5, 5.41) is 6.12. The molecule has 0 atom stereocenters. The molecule has 1 saturated heterocycles. The van der Waals surface area contributed by atoms with Gasteiger partial charge in [0.2, 0.25) is 0 Å². The van der Waals surface area contributed by atoms with Gasteiger partial charge in [-0.05, 0) is 43.3 Å². The summed E-state index contributed by atoms with van der Waals surface area (Å²) in [6, 6.07) is 10.1. The molecule has 1 aliphatic rings. The quantitative estimate of drug-likeness (QED) is 0.659. The Hall–Kier alpha value is -2.97. The lowest BCUT2D eigenvalue weighted by atomic mass is 10.2. The fourth-order valence-corrected chi connectivity index (χ4v) is 2.95. The molecule has 0 spiro atoms. The molecule has 1 aromatic carbocycles. The number of nitrogens with zero attached hydrogens (tertiary/aromatic N) is 2. The number of hydrogen-bond acceptors (Lipinski definition) is 7. The van der Waals surface area contributed by atoms with Crippen LogP contribution in [0.5, 0.6) is 0 Å². The third kappa shape index (κ3) is 6.27. The molecule has 8 nitrogen and oxygen atoms in total. The van der Waals surface area contributed by atoms with Crippen LogP contribution in [0.2, 0.25) is 0 Å². The zero-order valence-corrected chi connectivity index (χ0v) is 16.5. The van der Waals surface area contributed by atoms with E-state index in [1.807, 2.05) is 6.07 Å². The first-order chi connectivity index (χ1) is 14.2. The van der Waals surface area contributed by atoms with E-state index in [2.05, 4.69) is 20.5 Å². The highest BCUT2D eigenvalue weighted by Gasteiger charge is 2.12. The molecule has 2 N–H and O–H groups in total. The molecule has 0 aliphatic carbocycles. The Morgan fingerprint density at radius 1 is 1.14 bits per heavy atom. The number of carbonyl (C=O) groups is 2. The number of aromatic nitrogens is 1. The normalized spacial score (nSPS) is 14.2. The van der Waals surface area contributed by atoms with Crippen molar-refractivity contribution in [2.75, 3.05) is 56.6 Å². The van der Waals surface area contributed by atoms with E-state index in [0.29, 0.717) is 23.6 Å². The van der Waals surface area contributed by atoms with Gasteiger partial charge < -0.3 is 20.1 Å². The predicted octanol–water partition coefficient (Wildman–Crippen LogP) is 2.25. The monoisotopic (exact) mass is 398 g/mol. The highest BCUT2D eigenvalue weighted by Crippen LogP contribution is 2.13. The summed E-state index contributed by atoms with van der Waals surface area (Å²) in [6.07, 6.45) is 1.61. The highest BCUT2D eigenvalue weighted by atomic mass is 16.5. The maximum absolute atomic E-state index is 12.5. The van der Waals surface area contributed by atoms with E-state index < -0.39 is 0 Å². The number of carbonyl (C=O) groups excluding carboxylic acids is 2. The lowest BCUT2D eigenvalue weighted by molar-refractivity contribution is 0.0398. The second-order valence-electron chi connectivity index (χ2n) is 6.56. The largest absolute Gasteiger partial charge is 0.462 e. The molecular formula is C21H26N4O4. The molecule has 0 radical (unpaired) electrons. The van der Waals surface area contributed by atoms with Gasteiger partial charge >= 0.3 is 5.97 Å². The number of rotatable bonds is 8. The number of hydrogen-bond donors (Lipinski definition) is 2. The minimum Gasteiger partial charge on any atom is -0.462 e. The number of morpholine rings is 1. The van der Waals surface area contributed by atoms with Crippen molar-refractivity contribution in [3.8, 4) is 0 Å². The fraction of sp³-hybridized carbons (Fsp3) is 0.381. The summed E-state index contributed by atoms with van der Waals surface area (Å²) < 4.78 is 10.3. The van der Waals surface area contributed by atoms with Gasteiger partial charge in [-0.3, -0.25) is 14.7 Å². The number of benzene rings is 1. The van der Waals surface area contributed by atoms with E-state index in [1.165, 1.54) is 0 Å². The third-order valence-corrected chi connectivity index (χ3v) is 4.51. The van der Waals surface area contributed by atoms with Crippen LogP contribution >= 0.6 is 0 Å². The van der Waals surface area contributed by atoms with Crippen molar-refractivity contribution in [1.29, 1.82) is 0 Å². The zero-order chi connectivity index (χ0) is 20.5. The fourth-order valence-electron chi connectivity index (χ4n) is 2.95. The van der Waals surface area contributed by atoms with Crippen molar-refractivity contribution in [2.24, 2.45) is 0 Å². The second kappa shape index (κ2) is 10.5. The molecule has 0 unspecified atom stereocenters. The van der Waals surface area contributed by atoms with Gasteiger partial charge in [-0.2, -0.15) is 0 Å². The molecule has 1 aliphatic heterocycles. The van der Waals surface area contributed by atoms with E-state index in [9.17, 15) is 9.59 Å². The van der Waals surface area contributed by atoms with E-state index in [0.717, 1.165) is 45.1 Å². The summed E-state index contributed by atoms with van der Waals surface area (Å²) in [7, 11) is 0. The number of amides is 1. The van der Waals surface area contributed by atoms with E-state index >= 15 is 0 Å². The first-order valence-electron chi connectivity index (χ1n) is 9.74. The highest BCUT2D eigenvalue weighted by molar-refractivity contribution is 6.03. The number of nitrogens with one attached hydrogen (secondary N) is 2. The van der Waals surface area contributed by atoms with Gasteiger partial charge in [0.05, 0.1) is 25.4 Å². The number of pyridine rings is 1. The Morgan fingerprint density at radius 3 is 2.62 bits per heavy atom. The second-order valence-corrected chi connectivity index (χ2v) is 6.56. The molecule has 154 valence electrons. The Balaban J connectivity index is 1.52. The van der Waals surface area contributed by atoms with Crippen LogP contribution in [-0.4, -0.2) is 67.8 Å². The average Bonchev–Trinajstić information content (AvgIpc) is 2.75. The van der Waals surface area contributed by atoms with Gasteiger partial charge in [0.1, 0.15) is 5.69 Å². The lowest BCUT2D eigenvalue weighted by Gasteiger charge is -2.26. The molecule has 1 aromatic heterocycles. The van der Waals surface area contributed by atoms with Gasteiger partial charge in [-0.25, -0.2) is 4.79 Å². The minimum absolute atomic E-state index is 0.314. The molecule has 2 aromatic rings. The average molecular weight is 398 g/mol. The summed E-state index contributed by atoms with van der Waals surface area (Å²) in [5.41, 5.74) is 2.18. The lowest BCUT2D eigenvalue weighted by Crippen LogP contribution is -2.39. The van der Waals surface area contributed by atoms with Gasteiger partial charge in [-0.15, -0.1) is 0 Å². The molecule has 0 saturated carbocycles. The first kappa shape index (κ1) is 20.8. The molecule has 2 heterocycles. The van der Waals surface area contributed by atoms with Crippen molar-refractivity contribution in [1.82, 2.24) is 9.88 Å². The molecule has 3 rings (SSSR count). The van der Waals surface area contributed by atoms with Crippen molar-refractivity contribution in [3.63, 3.8) is 0 Å². The topological polar surface area (TPSA) is 92.8 Å². The van der Waals surface area contributed by atoms with Crippen LogP contribution in [0.15, 0.2) is 42.6 Å². The molecular weight excluding hydrogens is 372 g/mol. The van der Waals surface area contributed by atoms with E-state index in [4.69, 9.17) is 9.47 Å². The Bertz CT molecular complexity index is 820. The van der Waals surface area contributed by atoms with Crippen molar-refractivity contribution >= 4 is 23.3 Å². The summed E-state index contributed by atoms with van der Waals surface area (Å²) in [6.45, 7) is 7.22. The zero-order valence-electron chi connectivity index (χ0n) is 16.5.